The summed E-state index contributed by atoms with van der Waals surface area (Å²) in [5, 5.41) is 6.67. The first-order valence-corrected chi connectivity index (χ1v) is 7.05. The van der Waals surface area contributed by atoms with Gasteiger partial charge in [-0.25, -0.2) is 9.97 Å². The lowest BCUT2D eigenvalue weighted by Crippen LogP contribution is -2.14. The van der Waals surface area contributed by atoms with Gasteiger partial charge >= 0.3 is 0 Å². The van der Waals surface area contributed by atoms with Gasteiger partial charge in [0.1, 0.15) is 18.0 Å². The zero-order chi connectivity index (χ0) is 14.4. The van der Waals surface area contributed by atoms with Gasteiger partial charge in [-0.1, -0.05) is 36.8 Å². The van der Waals surface area contributed by atoms with Crippen molar-refractivity contribution in [3.05, 3.63) is 47.8 Å². The predicted molar refractivity (Wildman–Crippen MR) is 83.9 cm³/mol. The van der Waals surface area contributed by atoms with Gasteiger partial charge in [-0.15, -0.1) is 0 Å². The van der Waals surface area contributed by atoms with Crippen molar-refractivity contribution in [1.29, 1.82) is 0 Å². The molecule has 0 saturated carbocycles. The van der Waals surface area contributed by atoms with Crippen LogP contribution in [0.4, 0.5) is 11.6 Å². The largest absolute Gasteiger partial charge is 0.367 e. The first kappa shape index (κ1) is 14.3. The lowest BCUT2D eigenvalue weighted by molar-refractivity contribution is 0.758. The monoisotopic (exact) mass is 270 g/mol. The molecule has 1 aromatic carbocycles. The number of aromatic nitrogens is 2. The molecule has 0 bridgehead atoms. The molecule has 1 aromatic heterocycles. The molecular formula is C16H22N4. The van der Waals surface area contributed by atoms with Crippen LogP contribution in [0.1, 0.15) is 31.4 Å². The lowest BCUT2D eigenvalue weighted by atomic mass is 10.1. The third-order valence-electron chi connectivity index (χ3n) is 3.27. The molecule has 2 N–H and O–H groups in total. The van der Waals surface area contributed by atoms with Crippen LogP contribution in [0.5, 0.6) is 0 Å². The Balaban J connectivity index is 1.95. The number of nitrogens with one attached hydrogen (secondary N) is 2. The maximum atomic E-state index is 4.24. The zero-order valence-electron chi connectivity index (χ0n) is 12.4. The summed E-state index contributed by atoms with van der Waals surface area (Å²) >= 11 is 0. The quantitative estimate of drug-likeness (QED) is 0.842. The molecule has 2 rings (SSSR count). The lowest BCUT2D eigenvalue weighted by Gasteiger charge is -2.13. The van der Waals surface area contributed by atoms with Crippen LogP contribution >= 0.6 is 0 Å². The summed E-state index contributed by atoms with van der Waals surface area (Å²) in [7, 11) is 0. The van der Waals surface area contributed by atoms with Crippen LogP contribution in [0.25, 0.3) is 0 Å². The molecule has 4 heteroatoms. The number of hydrogen-bond acceptors (Lipinski definition) is 4. The van der Waals surface area contributed by atoms with Crippen LogP contribution in [-0.2, 0) is 6.54 Å². The molecule has 0 amide bonds. The zero-order valence-corrected chi connectivity index (χ0v) is 12.4. The van der Waals surface area contributed by atoms with Crippen molar-refractivity contribution < 1.29 is 0 Å². The molecule has 2 aromatic rings. The fourth-order valence-electron chi connectivity index (χ4n) is 1.79. The number of anilines is 2. The first-order chi connectivity index (χ1) is 9.67. The molecule has 4 nitrogen and oxygen atoms in total. The van der Waals surface area contributed by atoms with Gasteiger partial charge in [0.15, 0.2) is 0 Å². The van der Waals surface area contributed by atoms with E-state index in [0.717, 1.165) is 24.6 Å². The SMILES string of the molecule is CCC(C)Nc1cc(NCc2ccc(C)cc2)ncn1. The van der Waals surface area contributed by atoms with E-state index in [4.69, 9.17) is 0 Å². The molecule has 0 aliphatic carbocycles. The van der Waals surface area contributed by atoms with Crippen molar-refractivity contribution in [2.75, 3.05) is 10.6 Å². The van der Waals surface area contributed by atoms with E-state index in [-0.39, 0.29) is 0 Å². The fourth-order valence-corrected chi connectivity index (χ4v) is 1.79. The highest BCUT2D eigenvalue weighted by molar-refractivity contribution is 5.47. The minimum absolute atomic E-state index is 0.412. The van der Waals surface area contributed by atoms with E-state index in [9.17, 15) is 0 Å². The Kier molecular flexibility index (Phi) is 4.93. The standard InChI is InChI=1S/C16H22N4/c1-4-13(3)20-16-9-15(18-11-19-16)17-10-14-7-5-12(2)6-8-14/h5-9,11,13H,4,10H2,1-3H3,(H2,17,18,19,20). The average molecular weight is 270 g/mol. The van der Waals surface area contributed by atoms with Crippen LogP contribution in [0.3, 0.4) is 0 Å². The molecule has 1 unspecified atom stereocenters. The van der Waals surface area contributed by atoms with Crippen molar-refractivity contribution in [2.24, 2.45) is 0 Å². The maximum absolute atomic E-state index is 4.24. The van der Waals surface area contributed by atoms with Gasteiger partial charge in [-0.3, -0.25) is 0 Å². The minimum Gasteiger partial charge on any atom is -0.367 e. The van der Waals surface area contributed by atoms with Crippen molar-refractivity contribution >= 4 is 11.6 Å². The van der Waals surface area contributed by atoms with Gasteiger partial charge in [0.2, 0.25) is 0 Å². The summed E-state index contributed by atoms with van der Waals surface area (Å²) in [6.07, 6.45) is 2.65. The Labute approximate surface area is 120 Å². The van der Waals surface area contributed by atoms with E-state index in [1.165, 1.54) is 11.1 Å². The van der Waals surface area contributed by atoms with Gasteiger partial charge in [0.05, 0.1) is 0 Å². The second-order valence-corrected chi connectivity index (χ2v) is 5.08. The number of hydrogen-bond donors (Lipinski definition) is 2. The molecule has 20 heavy (non-hydrogen) atoms. The van der Waals surface area contributed by atoms with E-state index in [0.29, 0.717) is 6.04 Å². The molecule has 0 radical (unpaired) electrons. The minimum atomic E-state index is 0.412. The highest BCUT2D eigenvalue weighted by Gasteiger charge is 2.02. The average Bonchev–Trinajstić information content (AvgIpc) is 2.47. The van der Waals surface area contributed by atoms with Gasteiger partial charge < -0.3 is 10.6 Å². The summed E-state index contributed by atoms with van der Waals surface area (Å²) in [4.78, 5) is 8.47. The Morgan fingerprint density at radius 3 is 2.50 bits per heavy atom. The topological polar surface area (TPSA) is 49.8 Å². The summed E-state index contributed by atoms with van der Waals surface area (Å²) in [5.74, 6) is 1.70. The Morgan fingerprint density at radius 2 is 1.80 bits per heavy atom. The van der Waals surface area contributed by atoms with E-state index < -0.39 is 0 Å². The second-order valence-electron chi connectivity index (χ2n) is 5.08. The maximum Gasteiger partial charge on any atom is 0.131 e. The Bertz CT molecular complexity index is 536. The molecule has 0 saturated heterocycles. The van der Waals surface area contributed by atoms with Crippen molar-refractivity contribution in [2.45, 2.75) is 39.8 Å². The molecule has 0 fully saturated rings. The highest BCUT2D eigenvalue weighted by Crippen LogP contribution is 2.12. The second kappa shape index (κ2) is 6.89. The molecule has 1 atom stereocenters. The number of benzene rings is 1. The van der Waals surface area contributed by atoms with Crippen LogP contribution in [0.2, 0.25) is 0 Å². The van der Waals surface area contributed by atoms with Gasteiger partial charge in [-0.2, -0.15) is 0 Å². The molecule has 0 spiro atoms. The molecular weight excluding hydrogens is 248 g/mol. The van der Waals surface area contributed by atoms with Gasteiger partial charge in [0, 0.05) is 18.7 Å². The smallest absolute Gasteiger partial charge is 0.131 e. The van der Waals surface area contributed by atoms with E-state index >= 15 is 0 Å². The van der Waals surface area contributed by atoms with Crippen LogP contribution in [0, 0.1) is 6.92 Å². The van der Waals surface area contributed by atoms with Crippen molar-refractivity contribution in [1.82, 2.24) is 9.97 Å². The van der Waals surface area contributed by atoms with E-state index in [1.807, 2.05) is 6.07 Å². The van der Waals surface area contributed by atoms with Gasteiger partial charge in [0.25, 0.3) is 0 Å². The van der Waals surface area contributed by atoms with Crippen molar-refractivity contribution in [3.8, 4) is 0 Å². The number of rotatable bonds is 6. The first-order valence-electron chi connectivity index (χ1n) is 7.05. The predicted octanol–water partition coefficient (Wildman–Crippen LogP) is 3.61. The third-order valence-corrected chi connectivity index (χ3v) is 3.27. The molecule has 106 valence electrons. The molecule has 1 heterocycles. The summed E-state index contributed by atoms with van der Waals surface area (Å²) in [5.41, 5.74) is 2.52. The van der Waals surface area contributed by atoms with E-state index in [1.54, 1.807) is 6.33 Å². The highest BCUT2D eigenvalue weighted by atomic mass is 15.1. The van der Waals surface area contributed by atoms with Crippen LogP contribution < -0.4 is 10.6 Å². The number of aryl methyl sites for hydroxylation is 1. The summed E-state index contributed by atoms with van der Waals surface area (Å²) < 4.78 is 0. The fraction of sp³-hybridized carbons (Fsp3) is 0.375. The Hall–Kier alpha value is -2.10. The van der Waals surface area contributed by atoms with Crippen LogP contribution in [-0.4, -0.2) is 16.0 Å². The number of nitrogens with zero attached hydrogens (tertiary/aromatic N) is 2. The Morgan fingerprint density at radius 1 is 1.10 bits per heavy atom. The molecule has 0 aliphatic heterocycles. The van der Waals surface area contributed by atoms with Gasteiger partial charge in [-0.05, 0) is 25.8 Å². The third kappa shape index (κ3) is 4.23. The van der Waals surface area contributed by atoms with Crippen LogP contribution in [0.15, 0.2) is 36.7 Å². The van der Waals surface area contributed by atoms with E-state index in [2.05, 4.69) is 65.6 Å². The molecule has 0 aliphatic rings. The summed E-state index contributed by atoms with van der Waals surface area (Å²) in [6, 6.07) is 10.8. The normalized spacial score (nSPS) is 11.9. The van der Waals surface area contributed by atoms with Crippen molar-refractivity contribution in [3.63, 3.8) is 0 Å². The summed E-state index contributed by atoms with van der Waals surface area (Å²) in [6.45, 7) is 7.14.